The Kier molecular flexibility index (Phi) is 4.24. The van der Waals surface area contributed by atoms with Crippen molar-refractivity contribution in [2.75, 3.05) is 35.7 Å². The zero-order valence-corrected chi connectivity index (χ0v) is 15.4. The van der Waals surface area contributed by atoms with Gasteiger partial charge in [-0.15, -0.1) is 0 Å². The van der Waals surface area contributed by atoms with Gasteiger partial charge in [0.15, 0.2) is 5.82 Å². The van der Waals surface area contributed by atoms with Crippen LogP contribution in [0.5, 0.6) is 0 Å². The first-order chi connectivity index (χ1) is 12.5. The normalized spacial score (nSPS) is 20.3. The highest BCUT2D eigenvalue weighted by molar-refractivity contribution is 6.03. The first kappa shape index (κ1) is 16.8. The van der Waals surface area contributed by atoms with Gasteiger partial charge in [-0.1, -0.05) is 30.3 Å². The van der Waals surface area contributed by atoms with Crippen LogP contribution in [0, 0.1) is 6.92 Å². The van der Waals surface area contributed by atoms with Crippen LogP contribution in [0.4, 0.5) is 17.5 Å². The molecule has 3 heterocycles. The molecule has 0 bridgehead atoms. The van der Waals surface area contributed by atoms with Crippen molar-refractivity contribution < 1.29 is 4.79 Å². The summed E-state index contributed by atoms with van der Waals surface area (Å²) in [6.07, 6.45) is 0. The Morgan fingerprint density at radius 3 is 2.69 bits per heavy atom. The van der Waals surface area contributed by atoms with E-state index >= 15 is 0 Å². The first-order valence-electron chi connectivity index (χ1n) is 8.96. The molecule has 1 atom stereocenters. The molecule has 4 rings (SSSR count). The average molecular weight is 352 g/mol. The second kappa shape index (κ2) is 6.57. The molecule has 0 saturated carbocycles. The molecule has 0 unspecified atom stereocenters. The van der Waals surface area contributed by atoms with E-state index in [0.717, 1.165) is 31.1 Å². The summed E-state index contributed by atoms with van der Waals surface area (Å²) in [5.41, 5.74) is 2.82. The molecule has 1 aromatic carbocycles. The highest BCUT2D eigenvalue weighted by Gasteiger charge is 2.31. The van der Waals surface area contributed by atoms with Crippen molar-refractivity contribution in [2.24, 2.45) is 0 Å². The van der Waals surface area contributed by atoms with Crippen LogP contribution in [0.15, 0.2) is 30.3 Å². The first-order valence-corrected chi connectivity index (χ1v) is 8.96. The van der Waals surface area contributed by atoms with Crippen molar-refractivity contribution in [2.45, 2.75) is 32.5 Å². The second-order valence-corrected chi connectivity index (χ2v) is 7.13. The number of likely N-dealkylation sites (N-methyl/N-ethyl adjacent to an activating group) is 1. The second-order valence-electron chi connectivity index (χ2n) is 7.13. The minimum Gasteiger partial charge on any atom is -0.349 e. The molecule has 2 N–H and O–H groups in total. The number of anilines is 3. The number of rotatable bonds is 4. The van der Waals surface area contributed by atoms with Gasteiger partial charge in [0, 0.05) is 26.7 Å². The molecular formula is C19H24N6O. The number of aromatic nitrogens is 2. The molecule has 2 aliphatic rings. The average Bonchev–Trinajstić information content (AvgIpc) is 2.60. The number of nitrogens with one attached hydrogen (secondary N) is 2. The van der Waals surface area contributed by atoms with Gasteiger partial charge < -0.3 is 15.5 Å². The number of amides is 1. The van der Waals surface area contributed by atoms with Crippen LogP contribution in [0.25, 0.3) is 0 Å². The molecule has 7 nitrogen and oxygen atoms in total. The van der Waals surface area contributed by atoms with Gasteiger partial charge in [0.25, 0.3) is 0 Å². The third-order valence-corrected chi connectivity index (χ3v) is 5.15. The quantitative estimate of drug-likeness (QED) is 0.875. The number of carbonyl (C=O) groups excluding carboxylic acids is 1. The zero-order chi connectivity index (χ0) is 18.3. The number of carbonyl (C=O) groups is 1. The summed E-state index contributed by atoms with van der Waals surface area (Å²) >= 11 is 0. The van der Waals surface area contributed by atoms with Crippen LogP contribution in [0.3, 0.4) is 0 Å². The lowest BCUT2D eigenvalue weighted by atomic mass is 10.1. The van der Waals surface area contributed by atoms with E-state index in [4.69, 9.17) is 0 Å². The van der Waals surface area contributed by atoms with Crippen LogP contribution < -0.4 is 15.5 Å². The Balaban J connectivity index is 1.41. The maximum atomic E-state index is 12.0. The Morgan fingerprint density at radius 2 is 1.96 bits per heavy atom. The maximum absolute atomic E-state index is 12.0. The fourth-order valence-electron chi connectivity index (χ4n) is 3.43. The summed E-state index contributed by atoms with van der Waals surface area (Å²) in [4.78, 5) is 25.5. The summed E-state index contributed by atoms with van der Waals surface area (Å²) in [5.74, 6) is 1.37. The smallest absolute Gasteiger partial charge is 0.246 e. The highest BCUT2D eigenvalue weighted by Crippen LogP contribution is 2.32. The molecule has 0 spiro atoms. The summed E-state index contributed by atoms with van der Waals surface area (Å²) in [7, 11) is 1.89. The van der Waals surface area contributed by atoms with E-state index in [0.29, 0.717) is 17.7 Å². The van der Waals surface area contributed by atoms with Crippen LogP contribution in [0.1, 0.15) is 18.2 Å². The lowest BCUT2D eigenvalue weighted by molar-refractivity contribution is -0.117. The van der Waals surface area contributed by atoms with Crippen LogP contribution >= 0.6 is 0 Å². The van der Waals surface area contributed by atoms with Crippen molar-refractivity contribution in [1.82, 2.24) is 14.9 Å². The van der Waals surface area contributed by atoms with Gasteiger partial charge in [-0.2, -0.15) is 4.98 Å². The topological polar surface area (TPSA) is 73.4 Å². The minimum atomic E-state index is -0.241. The van der Waals surface area contributed by atoms with Crippen molar-refractivity contribution >= 4 is 23.4 Å². The largest absolute Gasteiger partial charge is 0.349 e. The number of fused-ring (bicyclic) bond motifs is 1. The number of hydrogen-bond acceptors (Lipinski definition) is 6. The Morgan fingerprint density at radius 1 is 1.23 bits per heavy atom. The monoisotopic (exact) mass is 352 g/mol. The number of likely N-dealkylation sites (tertiary alicyclic amines) is 1. The summed E-state index contributed by atoms with van der Waals surface area (Å²) < 4.78 is 0. The summed E-state index contributed by atoms with van der Waals surface area (Å²) in [6, 6.07) is 10.6. The van der Waals surface area contributed by atoms with Gasteiger partial charge in [-0.25, -0.2) is 4.98 Å². The number of nitrogens with zero attached hydrogens (tertiary/aromatic N) is 4. The van der Waals surface area contributed by atoms with Crippen molar-refractivity contribution in [3.05, 3.63) is 41.6 Å². The third kappa shape index (κ3) is 3.10. The minimum absolute atomic E-state index is 0.0250. The van der Waals surface area contributed by atoms with Crippen LogP contribution in [-0.2, 0) is 11.3 Å². The molecule has 7 heteroatoms. The van der Waals surface area contributed by atoms with Gasteiger partial charge in [0.05, 0.1) is 11.7 Å². The predicted molar refractivity (Wildman–Crippen MR) is 102 cm³/mol. The number of hydrogen-bond donors (Lipinski definition) is 2. The summed E-state index contributed by atoms with van der Waals surface area (Å²) in [5, 5.41) is 6.34. The van der Waals surface area contributed by atoms with Crippen molar-refractivity contribution in [3.8, 4) is 0 Å². The predicted octanol–water partition coefficient (Wildman–Crippen LogP) is 1.86. The van der Waals surface area contributed by atoms with E-state index in [9.17, 15) is 4.79 Å². The lowest BCUT2D eigenvalue weighted by Crippen LogP contribution is -2.54. The molecule has 1 aromatic heterocycles. The molecule has 2 aliphatic heterocycles. The van der Waals surface area contributed by atoms with Crippen LogP contribution in [0.2, 0.25) is 0 Å². The molecule has 1 amide bonds. The van der Waals surface area contributed by atoms with Gasteiger partial charge in [-0.3, -0.25) is 9.69 Å². The van der Waals surface area contributed by atoms with Gasteiger partial charge >= 0.3 is 0 Å². The van der Waals surface area contributed by atoms with E-state index < -0.39 is 0 Å². The molecule has 0 aliphatic carbocycles. The lowest BCUT2D eigenvalue weighted by Gasteiger charge is -2.40. The Labute approximate surface area is 153 Å². The molecular weight excluding hydrogens is 328 g/mol. The van der Waals surface area contributed by atoms with Gasteiger partial charge in [0.2, 0.25) is 11.9 Å². The van der Waals surface area contributed by atoms with E-state index in [1.807, 2.05) is 31.9 Å². The number of benzene rings is 1. The molecule has 136 valence electrons. The standard InChI is InChI=1S/C19H24N6O/c1-12-16-17(24(3)13(2)18(26)22-16)23-19(20-12)21-15-10-25(11-15)9-14-7-5-4-6-8-14/h4-8,13,15H,9-11H2,1-3H3,(H,22,26)(H,20,21,23)/t13-/m0/s1. The molecule has 1 saturated heterocycles. The van der Waals surface area contributed by atoms with Crippen molar-refractivity contribution in [3.63, 3.8) is 0 Å². The fourth-order valence-corrected chi connectivity index (χ4v) is 3.43. The highest BCUT2D eigenvalue weighted by atomic mass is 16.2. The van der Waals surface area contributed by atoms with E-state index in [-0.39, 0.29) is 11.9 Å². The van der Waals surface area contributed by atoms with Gasteiger partial charge in [-0.05, 0) is 19.4 Å². The van der Waals surface area contributed by atoms with Crippen LogP contribution in [-0.4, -0.2) is 53.0 Å². The fraction of sp³-hybridized carbons (Fsp3) is 0.421. The third-order valence-electron chi connectivity index (χ3n) is 5.15. The van der Waals surface area contributed by atoms with E-state index in [1.54, 1.807) is 0 Å². The SMILES string of the molecule is Cc1nc(NC2CN(Cc3ccccc3)C2)nc2c1NC(=O)[C@H](C)N2C. The number of aryl methyl sites for hydroxylation is 1. The Hall–Kier alpha value is -2.67. The van der Waals surface area contributed by atoms with Crippen molar-refractivity contribution in [1.29, 1.82) is 0 Å². The van der Waals surface area contributed by atoms with E-state index in [2.05, 4.69) is 49.8 Å². The zero-order valence-electron chi connectivity index (χ0n) is 15.4. The summed E-state index contributed by atoms with van der Waals surface area (Å²) in [6.45, 7) is 6.68. The molecule has 1 fully saturated rings. The maximum Gasteiger partial charge on any atom is 0.246 e. The van der Waals surface area contributed by atoms with E-state index in [1.165, 1.54) is 5.56 Å². The molecule has 2 aromatic rings. The van der Waals surface area contributed by atoms with Gasteiger partial charge in [0.1, 0.15) is 11.7 Å². The molecule has 0 radical (unpaired) electrons. The molecule has 26 heavy (non-hydrogen) atoms. The Bertz CT molecular complexity index is 818.